The van der Waals surface area contributed by atoms with Crippen LogP contribution >= 0.6 is 11.6 Å². The van der Waals surface area contributed by atoms with Crippen LogP contribution < -0.4 is 0 Å². The van der Waals surface area contributed by atoms with Crippen LogP contribution in [0.25, 0.3) is 0 Å². The van der Waals surface area contributed by atoms with E-state index in [9.17, 15) is 27.5 Å². The van der Waals surface area contributed by atoms with Crippen LogP contribution in [0.1, 0.15) is 0 Å². The molecule has 8 nitrogen and oxygen atoms in total. The average molecular weight is 360 g/mol. The Bertz CT molecular complexity index is 900. The minimum absolute atomic E-state index is 0.00156. The second-order valence-electron chi connectivity index (χ2n) is 4.18. The Hall–Kier alpha value is -2.59. The number of halogens is 2. The molecule has 0 spiro atoms. The van der Waals surface area contributed by atoms with Gasteiger partial charge in [0.05, 0.1) is 26.2 Å². The maximum absolute atomic E-state index is 12.7. The minimum atomic E-state index is -4.80. The molecule has 2 rings (SSSR count). The van der Waals surface area contributed by atoms with Gasteiger partial charge in [0.15, 0.2) is 0 Å². The Balaban J connectivity index is 2.32. The zero-order valence-electron chi connectivity index (χ0n) is 11.1. The molecular formula is C12H7ClFN3O5S. The van der Waals surface area contributed by atoms with Crippen molar-refractivity contribution in [1.82, 2.24) is 0 Å². The molecule has 0 unspecified atom stereocenters. The van der Waals surface area contributed by atoms with E-state index in [1.165, 1.54) is 12.1 Å². The third-order valence-corrected chi connectivity index (χ3v) is 3.75. The normalized spacial score (nSPS) is 11.7. The minimum Gasteiger partial charge on any atom is -0.501 e. The van der Waals surface area contributed by atoms with Crippen LogP contribution in [0.5, 0.6) is 5.75 Å². The molecule has 120 valence electrons. The number of nitrogens with zero attached hydrogens (tertiary/aromatic N) is 3. The fourth-order valence-corrected chi connectivity index (χ4v) is 2.23. The molecule has 1 N–H and O–H groups in total. The number of hydrogen-bond donors (Lipinski definition) is 1. The van der Waals surface area contributed by atoms with Crippen molar-refractivity contribution in [2.24, 2.45) is 10.2 Å². The number of azo groups is 1. The van der Waals surface area contributed by atoms with Crippen molar-refractivity contribution in [3.63, 3.8) is 0 Å². The summed E-state index contributed by atoms with van der Waals surface area (Å²) in [5.41, 5.74) is -0.448. The number of rotatable bonds is 4. The highest BCUT2D eigenvalue weighted by atomic mass is 35.5. The monoisotopic (exact) mass is 359 g/mol. The number of phenolic OH excluding ortho intramolecular Hbond substituents is 1. The maximum atomic E-state index is 12.7. The molecule has 0 aliphatic carbocycles. The van der Waals surface area contributed by atoms with Gasteiger partial charge in [-0.05, 0) is 30.3 Å². The third kappa shape index (κ3) is 3.99. The summed E-state index contributed by atoms with van der Waals surface area (Å²) in [6.45, 7) is 0. The molecule has 2 aromatic rings. The fourth-order valence-electron chi connectivity index (χ4n) is 1.56. The Morgan fingerprint density at radius 2 is 1.70 bits per heavy atom. The van der Waals surface area contributed by atoms with E-state index in [1.807, 2.05) is 0 Å². The van der Waals surface area contributed by atoms with Crippen molar-refractivity contribution in [3.05, 3.63) is 51.5 Å². The van der Waals surface area contributed by atoms with Gasteiger partial charge in [0.2, 0.25) is 5.75 Å². The fraction of sp³-hybridized carbons (Fsp3) is 0. The molecule has 0 fully saturated rings. The smallest absolute Gasteiger partial charge is 0.332 e. The van der Waals surface area contributed by atoms with E-state index in [2.05, 4.69) is 10.2 Å². The Morgan fingerprint density at radius 3 is 2.22 bits per heavy atom. The molecule has 0 aliphatic heterocycles. The van der Waals surface area contributed by atoms with Crippen LogP contribution in [0.15, 0.2) is 51.5 Å². The number of nitro benzene ring substituents is 1. The van der Waals surface area contributed by atoms with Crippen LogP contribution in [-0.4, -0.2) is 18.4 Å². The molecule has 0 aliphatic rings. The third-order valence-electron chi connectivity index (χ3n) is 2.62. The summed E-state index contributed by atoms with van der Waals surface area (Å²) in [5, 5.41) is 27.3. The van der Waals surface area contributed by atoms with Crippen LogP contribution in [0.4, 0.5) is 20.9 Å². The van der Waals surface area contributed by atoms with Crippen molar-refractivity contribution < 1.29 is 22.3 Å². The highest BCUT2D eigenvalue weighted by molar-refractivity contribution is 7.86. The van der Waals surface area contributed by atoms with Gasteiger partial charge in [0.25, 0.3) is 0 Å². The molecule has 11 heteroatoms. The van der Waals surface area contributed by atoms with Gasteiger partial charge >= 0.3 is 15.9 Å². The molecule has 0 amide bonds. The van der Waals surface area contributed by atoms with Gasteiger partial charge in [-0.3, -0.25) is 10.1 Å². The van der Waals surface area contributed by atoms with Gasteiger partial charge in [0, 0.05) is 6.07 Å². The van der Waals surface area contributed by atoms with E-state index in [-0.39, 0.29) is 16.4 Å². The molecule has 2 aromatic carbocycles. The number of nitro groups is 1. The second kappa shape index (κ2) is 6.26. The van der Waals surface area contributed by atoms with Crippen molar-refractivity contribution in [3.8, 4) is 5.75 Å². The molecule has 0 heterocycles. The molecule has 0 radical (unpaired) electrons. The van der Waals surface area contributed by atoms with E-state index in [0.29, 0.717) is 0 Å². The molecule has 0 atom stereocenters. The predicted octanol–water partition coefficient (Wildman–Crippen LogP) is 4.03. The summed E-state index contributed by atoms with van der Waals surface area (Å²) in [4.78, 5) is 9.39. The van der Waals surface area contributed by atoms with E-state index in [0.717, 1.165) is 24.3 Å². The van der Waals surface area contributed by atoms with E-state index in [4.69, 9.17) is 11.6 Å². The first-order valence-electron chi connectivity index (χ1n) is 5.82. The van der Waals surface area contributed by atoms with Crippen molar-refractivity contribution in [2.45, 2.75) is 4.90 Å². The van der Waals surface area contributed by atoms with Crippen molar-refractivity contribution >= 4 is 38.9 Å². The molecule has 0 saturated heterocycles. The van der Waals surface area contributed by atoms with Gasteiger partial charge in [-0.1, -0.05) is 11.6 Å². The zero-order chi connectivity index (χ0) is 17.2. The van der Waals surface area contributed by atoms with Crippen LogP contribution in [0.3, 0.4) is 0 Å². The summed E-state index contributed by atoms with van der Waals surface area (Å²) < 4.78 is 34.1. The average Bonchev–Trinajstić information content (AvgIpc) is 2.47. The maximum Gasteiger partial charge on any atom is 0.332 e. The largest absolute Gasteiger partial charge is 0.501 e. The Morgan fingerprint density at radius 1 is 1.13 bits per heavy atom. The summed E-state index contributed by atoms with van der Waals surface area (Å²) in [5.74, 6) is -0.687. The van der Waals surface area contributed by atoms with E-state index >= 15 is 0 Å². The topological polar surface area (TPSA) is 122 Å². The first-order valence-corrected chi connectivity index (χ1v) is 7.58. The highest BCUT2D eigenvalue weighted by Crippen LogP contribution is 2.38. The zero-order valence-corrected chi connectivity index (χ0v) is 12.6. The predicted molar refractivity (Wildman–Crippen MR) is 78.7 cm³/mol. The van der Waals surface area contributed by atoms with Gasteiger partial charge in [-0.15, -0.1) is 3.89 Å². The van der Waals surface area contributed by atoms with Gasteiger partial charge in [-0.2, -0.15) is 18.6 Å². The van der Waals surface area contributed by atoms with Gasteiger partial charge in [-0.25, -0.2) is 0 Å². The number of benzene rings is 2. The molecule has 0 saturated carbocycles. The van der Waals surface area contributed by atoms with Crippen LogP contribution in [0, 0.1) is 10.1 Å². The van der Waals surface area contributed by atoms with Crippen LogP contribution in [0.2, 0.25) is 5.02 Å². The number of phenols is 1. The van der Waals surface area contributed by atoms with Gasteiger partial charge < -0.3 is 5.11 Å². The lowest BCUT2D eigenvalue weighted by Crippen LogP contribution is -1.90. The summed E-state index contributed by atoms with van der Waals surface area (Å²) >= 11 is 5.65. The molecule has 0 aromatic heterocycles. The lowest BCUT2D eigenvalue weighted by molar-refractivity contribution is -0.385. The highest BCUT2D eigenvalue weighted by Gasteiger charge is 2.18. The van der Waals surface area contributed by atoms with E-state index in [1.54, 1.807) is 0 Å². The van der Waals surface area contributed by atoms with Crippen molar-refractivity contribution in [1.29, 1.82) is 0 Å². The standard InChI is InChI=1S/C12H7ClFN3O5S/c13-10-5-8(6-11(12(10)18)17(19)20)16-15-7-1-3-9(4-2-7)23(14,21)22/h1-6,18H. The quantitative estimate of drug-likeness (QED) is 0.382. The number of hydrogen-bond acceptors (Lipinski definition) is 7. The van der Waals surface area contributed by atoms with Gasteiger partial charge in [0.1, 0.15) is 0 Å². The van der Waals surface area contributed by atoms with Crippen molar-refractivity contribution in [2.75, 3.05) is 0 Å². The lowest BCUT2D eigenvalue weighted by Gasteiger charge is -2.00. The summed E-state index contributed by atoms with van der Waals surface area (Å²) in [6.07, 6.45) is 0. The Kier molecular flexibility index (Phi) is 4.57. The summed E-state index contributed by atoms with van der Waals surface area (Å²) in [7, 11) is -4.80. The second-order valence-corrected chi connectivity index (χ2v) is 5.94. The first kappa shape index (κ1) is 16.8. The molecule has 0 bridgehead atoms. The molecular weight excluding hydrogens is 353 g/mol. The van der Waals surface area contributed by atoms with E-state index < -0.39 is 31.5 Å². The Labute approximate surface area is 134 Å². The molecule has 23 heavy (non-hydrogen) atoms. The summed E-state index contributed by atoms with van der Waals surface area (Å²) in [6, 6.07) is 6.52. The number of aromatic hydroxyl groups is 1. The van der Waals surface area contributed by atoms with Crippen LogP contribution in [-0.2, 0) is 10.2 Å². The SMILES string of the molecule is O=[N+]([O-])c1cc(N=Nc2ccc(S(=O)(=O)F)cc2)cc(Cl)c1O. The lowest BCUT2D eigenvalue weighted by atomic mass is 10.2. The first-order chi connectivity index (χ1) is 10.7.